The average molecular weight is 256 g/mol. The fraction of sp³-hybridized carbons (Fsp3) is 0.364. The number of carbonyl (C=O) groups is 1. The fourth-order valence-electron chi connectivity index (χ4n) is 1.52. The Hall–Kier alpha value is -2.02. The van der Waals surface area contributed by atoms with E-state index in [9.17, 15) is 19.3 Å². The first kappa shape index (κ1) is 14.0. The van der Waals surface area contributed by atoms with Crippen LogP contribution in [-0.2, 0) is 0 Å². The summed E-state index contributed by atoms with van der Waals surface area (Å²) in [4.78, 5) is 23.0. The molecule has 98 valence electrons. The molecule has 0 aliphatic rings. The molecule has 0 aromatic heterocycles. The molecule has 1 N–H and O–H groups in total. The summed E-state index contributed by atoms with van der Waals surface area (Å²) in [7, 11) is 1.40. The van der Waals surface area contributed by atoms with Gasteiger partial charge in [0.1, 0.15) is 11.4 Å². The number of aliphatic hydroxyl groups is 1. The van der Waals surface area contributed by atoms with Crippen molar-refractivity contribution in [1.82, 2.24) is 4.90 Å². The minimum atomic E-state index is -0.813. The molecule has 0 heterocycles. The maximum Gasteiger partial charge on any atom is 0.285 e. The van der Waals surface area contributed by atoms with Gasteiger partial charge in [-0.1, -0.05) is 0 Å². The molecule has 0 radical (unpaired) electrons. The molecule has 1 aromatic rings. The largest absolute Gasteiger partial charge is 0.392 e. The van der Waals surface area contributed by atoms with E-state index < -0.39 is 28.4 Å². The van der Waals surface area contributed by atoms with Gasteiger partial charge in [0.15, 0.2) is 0 Å². The number of nitro groups is 1. The highest BCUT2D eigenvalue weighted by molar-refractivity contribution is 5.98. The third kappa shape index (κ3) is 3.24. The van der Waals surface area contributed by atoms with Gasteiger partial charge in [0, 0.05) is 13.6 Å². The number of halogens is 1. The summed E-state index contributed by atoms with van der Waals surface area (Å²) in [5.41, 5.74) is -0.790. The second-order valence-electron chi connectivity index (χ2n) is 3.95. The van der Waals surface area contributed by atoms with Gasteiger partial charge in [-0.2, -0.15) is 0 Å². The monoisotopic (exact) mass is 256 g/mol. The van der Waals surface area contributed by atoms with Crippen LogP contribution in [0.25, 0.3) is 0 Å². The summed E-state index contributed by atoms with van der Waals surface area (Å²) in [6, 6.07) is 2.74. The first-order chi connectivity index (χ1) is 8.32. The Balaban J connectivity index is 3.09. The van der Waals surface area contributed by atoms with E-state index in [1.165, 1.54) is 14.0 Å². The number of hydrogen-bond donors (Lipinski definition) is 1. The van der Waals surface area contributed by atoms with Gasteiger partial charge in [-0.15, -0.1) is 0 Å². The summed E-state index contributed by atoms with van der Waals surface area (Å²) in [6.45, 7) is 1.52. The maximum atomic E-state index is 12.9. The van der Waals surface area contributed by atoms with Crippen molar-refractivity contribution in [3.05, 3.63) is 39.7 Å². The Morgan fingerprint density at radius 3 is 2.72 bits per heavy atom. The zero-order valence-electron chi connectivity index (χ0n) is 9.96. The number of amides is 1. The first-order valence-corrected chi connectivity index (χ1v) is 5.20. The van der Waals surface area contributed by atoms with E-state index in [1.54, 1.807) is 0 Å². The van der Waals surface area contributed by atoms with Gasteiger partial charge in [-0.3, -0.25) is 14.9 Å². The first-order valence-electron chi connectivity index (χ1n) is 5.20. The normalized spacial score (nSPS) is 12.0. The second-order valence-corrected chi connectivity index (χ2v) is 3.95. The summed E-state index contributed by atoms with van der Waals surface area (Å²) in [6.07, 6.45) is -0.751. The van der Waals surface area contributed by atoms with Crippen molar-refractivity contribution in [2.45, 2.75) is 13.0 Å². The van der Waals surface area contributed by atoms with Crippen LogP contribution in [0.3, 0.4) is 0 Å². The van der Waals surface area contributed by atoms with Crippen LogP contribution in [0.1, 0.15) is 17.3 Å². The lowest BCUT2D eigenvalue weighted by molar-refractivity contribution is -0.385. The third-order valence-electron chi connectivity index (χ3n) is 2.27. The SMILES string of the molecule is CC(O)CN(C)C(=O)c1ccc(F)cc1[N+](=O)[O-]. The lowest BCUT2D eigenvalue weighted by Gasteiger charge is -2.18. The van der Waals surface area contributed by atoms with Gasteiger partial charge in [0.25, 0.3) is 11.6 Å². The molecule has 0 bridgehead atoms. The van der Waals surface area contributed by atoms with Crippen LogP contribution in [0, 0.1) is 15.9 Å². The predicted molar refractivity (Wildman–Crippen MR) is 61.7 cm³/mol. The lowest BCUT2D eigenvalue weighted by atomic mass is 10.1. The van der Waals surface area contributed by atoms with E-state index in [-0.39, 0.29) is 12.1 Å². The number of carbonyl (C=O) groups excluding carboxylic acids is 1. The number of benzene rings is 1. The molecule has 0 aliphatic heterocycles. The predicted octanol–water partition coefficient (Wildman–Crippen LogP) is 1.19. The molecule has 1 amide bonds. The number of hydrogen-bond acceptors (Lipinski definition) is 4. The Morgan fingerprint density at radius 1 is 1.61 bits per heavy atom. The van der Waals surface area contributed by atoms with E-state index in [2.05, 4.69) is 0 Å². The lowest BCUT2D eigenvalue weighted by Crippen LogP contribution is -2.33. The molecule has 1 rings (SSSR count). The standard InChI is InChI=1S/C11H13FN2O4/c1-7(15)6-13(2)11(16)9-4-3-8(12)5-10(9)14(17)18/h3-5,7,15H,6H2,1-2H3. The molecule has 6 nitrogen and oxygen atoms in total. The Morgan fingerprint density at radius 2 is 2.22 bits per heavy atom. The molecular weight excluding hydrogens is 243 g/mol. The van der Waals surface area contributed by atoms with Gasteiger partial charge >= 0.3 is 0 Å². The number of aliphatic hydroxyl groups excluding tert-OH is 1. The molecule has 0 saturated heterocycles. The Bertz CT molecular complexity index is 476. The summed E-state index contributed by atoms with van der Waals surface area (Å²) < 4.78 is 12.9. The van der Waals surface area contributed by atoms with E-state index in [4.69, 9.17) is 5.11 Å². The quantitative estimate of drug-likeness (QED) is 0.647. The zero-order valence-corrected chi connectivity index (χ0v) is 9.96. The number of likely N-dealkylation sites (N-methyl/N-ethyl adjacent to an activating group) is 1. The molecule has 1 unspecified atom stereocenters. The minimum absolute atomic E-state index is 0.0351. The molecular formula is C11H13FN2O4. The molecule has 1 atom stereocenters. The van der Waals surface area contributed by atoms with E-state index in [0.717, 1.165) is 17.0 Å². The van der Waals surface area contributed by atoms with Crippen molar-refractivity contribution in [1.29, 1.82) is 0 Å². The van der Waals surface area contributed by atoms with Crippen LogP contribution in [-0.4, -0.2) is 40.5 Å². The number of nitro benzene ring substituents is 1. The summed E-state index contributed by atoms with van der Waals surface area (Å²) in [5, 5.41) is 19.9. The highest BCUT2D eigenvalue weighted by Crippen LogP contribution is 2.21. The van der Waals surface area contributed by atoms with Gasteiger partial charge in [0.2, 0.25) is 0 Å². The molecule has 0 aliphatic carbocycles. The van der Waals surface area contributed by atoms with Crippen molar-refractivity contribution in [3.63, 3.8) is 0 Å². The molecule has 7 heteroatoms. The number of nitrogens with zero attached hydrogens (tertiary/aromatic N) is 2. The van der Waals surface area contributed by atoms with Gasteiger partial charge in [-0.25, -0.2) is 4.39 Å². The molecule has 0 spiro atoms. The van der Waals surface area contributed by atoms with Crippen molar-refractivity contribution < 1.29 is 19.2 Å². The average Bonchev–Trinajstić information content (AvgIpc) is 2.26. The minimum Gasteiger partial charge on any atom is -0.392 e. The van der Waals surface area contributed by atoms with Crippen LogP contribution in [0.4, 0.5) is 10.1 Å². The van der Waals surface area contributed by atoms with E-state index in [1.807, 2.05) is 0 Å². The van der Waals surface area contributed by atoms with Crippen LogP contribution in [0.2, 0.25) is 0 Å². The fourth-order valence-corrected chi connectivity index (χ4v) is 1.52. The summed E-state index contributed by atoms with van der Waals surface area (Å²) >= 11 is 0. The van der Waals surface area contributed by atoms with Gasteiger partial charge < -0.3 is 10.0 Å². The van der Waals surface area contributed by atoms with Crippen LogP contribution in [0.5, 0.6) is 0 Å². The van der Waals surface area contributed by atoms with Crippen molar-refractivity contribution in [2.75, 3.05) is 13.6 Å². The molecule has 18 heavy (non-hydrogen) atoms. The number of rotatable bonds is 4. The molecule has 1 aromatic carbocycles. The van der Waals surface area contributed by atoms with E-state index >= 15 is 0 Å². The third-order valence-corrected chi connectivity index (χ3v) is 2.27. The van der Waals surface area contributed by atoms with Gasteiger partial charge in [-0.05, 0) is 19.1 Å². The smallest absolute Gasteiger partial charge is 0.285 e. The van der Waals surface area contributed by atoms with Gasteiger partial charge in [0.05, 0.1) is 17.1 Å². The highest BCUT2D eigenvalue weighted by Gasteiger charge is 2.23. The Labute approximate surface area is 103 Å². The van der Waals surface area contributed by atoms with Crippen LogP contribution in [0.15, 0.2) is 18.2 Å². The zero-order chi connectivity index (χ0) is 13.9. The molecule has 0 saturated carbocycles. The summed E-state index contributed by atoms with van der Waals surface area (Å²) in [5.74, 6) is -1.42. The highest BCUT2D eigenvalue weighted by atomic mass is 19.1. The maximum absolute atomic E-state index is 12.9. The van der Waals surface area contributed by atoms with Crippen LogP contribution < -0.4 is 0 Å². The van der Waals surface area contributed by atoms with Crippen LogP contribution >= 0.6 is 0 Å². The molecule has 0 fully saturated rings. The van der Waals surface area contributed by atoms with Crippen molar-refractivity contribution in [3.8, 4) is 0 Å². The van der Waals surface area contributed by atoms with E-state index in [0.29, 0.717) is 6.07 Å². The van der Waals surface area contributed by atoms with Crippen molar-refractivity contribution in [2.24, 2.45) is 0 Å². The second kappa shape index (κ2) is 5.54. The Kier molecular flexibility index (Phi) is 4.33. The topological polar surface area (TPSA) is 83.7 Å². The van der Waals surface area contributed by atoms with Crippen molar-refractivity contribution >= 4 is 11.6 Å².